The monoisotopic (exact) mass is 389 g/mol. The molecule has 3 N–H and O–H groups in total. The lowest BCUT2D eigenvalue weighted by atomic mass is 10.1. The molecule has 0 fully saturated rings. The lowest BCUT2D eigenvalue weighted by Crippen LogP contribution is -2.35. The van der Waals surface area contributed by atoms with Crippen molar-refractivity contribution < 1.29 is 14.0 Å². The first-order valence-electron chi connectivity index (χ1n) is 8.73. The molecule has 0 radical (unpaired) electrons. The van der Waals surface area contributed by atoms with Crippen LogP contribution in [0.2, 0.25) is 0 Å². The highest BCUT2D eigenvalue weighted by atomic mass is 32.2. The van der Waals surface area contributed by atoms with E-state index in [0.29, 0.717) is 34.9 Å². The Morgan fingerprint density at radius 2 is 1.78 bits per heavy atom. The van der Waals surface area contributed by atoms with E-state index in [2.05, 4.69) is 16.0 Å². The maximum atomic E-state index is 13.6. The number of hydrogen-bond donors (Lipinski definition) is 3. The molecule has 5 nitrogen and oxygen atoms in total. The molecule has 2 aromatic rings. The molecule has 0 aromatic heterocycles. The van der Waals surface area contributed by atoms with Crippen molar-refractivity contribution in [3.63, 3.8) is 0 Å². The van der Waals surface area contributed by atoms with Crippen LogP contribution in [0.15, 0.2) is 48.5 Å². The van der Waals surface area contributed by atoms with Crippen molar-refractivity contribution in [1.82, 2.24) is 10.6 Å². The second kappa shape index (κ2) is 10.6. The van der Waals surface area contributed by atoms with E-state index in [1.807, 2.05) is 13.8 Å². The Kier molecular flexibility index (Phi) is 8.13. The fourth-order valence-electron chi connectivity index (χ4n) is 2.34. The summed E-state index contributed by atoms with van der Waals surface area (Å²) in [6, 6.07) is 13.1. The van der Waals surface area contributed by atoms with Crippen LogP contribution in [0, 0.1) is 5.82 Å². The van der Waals surface area contributed by atoms with Gasteiger partial charge in [0, 0.05) is 24.1 Å². The minimum Gasteiger partial charge on any atom is -0.351 e. The summed E-state index contributed by atoms with van der Waals surface area (Å²) in [5, 5.41) is 8.25. The van der Waals surface area contributed by atoms with Gasteiger partial charge in [0.1, 0.15) is 5.82 Å². The SMILES string of the molecule is CC(C)NC(=O)Nc1ccccc1C(=O)NCCSCc1ccccc1F. The summed E-state index contributed by atoms with van der Waals surface area (Å²) in [6.07, 6.45) is 0. The minimum absolute atomic E-state index is 0.00235. The van der Waals surface area contributed by atoms with Crippen LogP contribution in [0.1, 0.15) is 29.8 Å². The Morgan fingerprint density at radius 3 is 2.52 bits per heavy atom. The van der Waals surface area contributed by atoms with Crippen LogP contribution in [0.3, 0.4) is 0 Å². The molecule has 0 spiro atoms. The van der Waals surface area contributed by atoms with Crippen molar-refractivity contribution in [3.8, 4) is 0 Å². The summed E-state index contributed by atoms with van der Waals surface area (Å²) in [5.41, 5.74) is 1.50. The number of rotatable bonds is 8. The van der Waals surface area contributed by atoms with Gasteiger partial charge >= 0.3 is 6.03 Å². The van der Waals surface area contributed by atoms with Crippen LogP contribution in [0.5, 0.6) is 0 Å². The number of halogens is 1. The zero-order valence-corrected chi connectivity index (χ0v) is 16.2. The van der Waals surface area contributed by atoms with Gasteiger partial charge in [-0.15, -0.1) is 0 Å². The summed E-state index contributed by atoms with van der Waals surface area (Å²) in [4.78, 5) is 24.3. The van der Waals surface area contributed by atoms with E-state index in [-0.39, 0.29) is 23.8 Å². The number of urea groups is 1. The van der Waals surface area contributed by atoms with Gasteiger partial charge in [-0.05, 0) is 37.6 Å². The lowest BCUT2D eigenvalue weighted by Gasteiger charge is -2.13. The molecule has 0 aliphatic rings. The van der Waals surface area contributed by atoms with E-state index >= 15 is 0 Å². The van der Waals surface area contributed by atoms with Crippen molar-refractivity contribution in [2.45, 2.75) is 25.6 Å². The van der Waals surface area contributed by atoms with Gasteiger partial charge in [0.25, 0.3) is 5.91 Å². The van der Waals surface area contributed by atoms with Crippen molar-refractivity contribution in [2.75, 3.05) is 17.6 Å². The molecule has 144 valence electrons. The van der Waals surface area contributed by atoms with Crippen LogP contribution in [-0.2, 0) is 5.75 Å². The van der Waals surface area contributed by atoms with Gasteiger partial charge in [0.2, 0.25) is 0 Å². The summed E-state index contributed by atoms with van der Waals surface area (Å²) < 4.78 is 13.6. The van der Waals surface area contributed by atoms with Crippen molar-refractivity contribution in [3.05, 3.63) is 65.5 Å². The third-order valence-corrected chi connectivity index (χ3v) is 4.59. The zero-order chi connectivity index (χ0) is 19.6. The fraction of sp³-hybridized carbons (Fsp3) is 0.300. The third kappa shape index (κ3) is 6.94. The topological polar surface area (TPSA) is 70.2 Å². The number of benzene rings is 2. The molecule has 3 amide bonds. The van der Waals surface area contributed by atoms with Gasteiger partial charge in [-0.1, -0.05) is 30.3 Å². The van der Waals surface area contributed by atoms with Crippen LogP contribution in [0.4, 0.5) is 14.9 Å². The smallest absolute Gasteiger partial charge is 0.319 e. The summed E-state index contributed by atoms with van der Waals surface area (Å²) >= 11 is 1.54. The molecule has 0 atom stereocenters. The Hall–Kier alpha value is -2.54. The number of amides is 3. The molecule has 2 rings (SSSR count). The lowest BCUT2D eigenvalue weighted by molar-refractivity contribution is 0.0957. The molecule has 0 saturated heterocycles. The molecule has 27 heavy (non-hydrogen) atoms. The average Bonchev–Trinajstić information content (AvgIpc) is 2.62. The summed E-state index contributed by atoms with van der Waals surface area (Å²) in [5.74, 6) is 0.732. The zero-order valence-electron chi connectivity index (χ0n) is 15.4. The van der Waals surface area contributed by atoms with Gasteiger partial charge in [-0.2, -0.15) is 11.8 Å². The molecule has 0 heterocycles. The highest BCUT2D eigenvalue weighted by molar-refractivity contribution is 7.98. The highest BCUT2D eigenvalue weighted by Crippen LogP contribution is 2.16. The number of thioether (sulfide) groups is 1. The maximum Gasteiger partial charge on any atom is 0.319 e. The molecule has 0 aliphatic carbocycles. The Balaban J connectivity index is 1.82. The van der Waals surface area contributed by atoms with E-state index in [0.717, 1.165) is 0 Å². The van der Waals surface area contributed by atoms with E-state index in [1.54, 1.807) is 54.2 Å². The summed E-state index contributed by atoms with van der Waals surface area (Å²) in [7, 11) is 0. The minimum atomic E-state index is -0.356. The van der Waals surface area contributed by atoms with Crippen LogP contribution in [-0.4, -0.2) is 30.3 Å². The molecular weight excluding hydrogens is 365 g/mol. The van der Waals surface area contributed by atoms with Crippen molar-refractivity contribution in [1.29, 1.82) is 0 Å². The van der Waals surface area contributed by atoms with Gasteiger partial charge < -0.3 is 16.0 Å². The van der Waals surface area contributed by atoms with Crippen LogP contribution in [0.25, 0.3) is 0 Å². The van der Waals surface area contributed by atoms with Gasteiger partial charge in [-0.3, -0.25) is 4.79 Å². The van der Waals surface area contributed by atoms with Crippen LogP contribution < -0.4 is 16.0 Å². The highest BCUT2D eigenvalue weighted by Gasteiger charge is 2.13. The quantitative estimate of drug-likeness (QED) is 0.597. The Morgan fingerprint density at radius 1 is 1.07 bits per heavy atom. The molecule has 0 saturated carbocycles. The number of hydrogen-bond acceptors (Lipinski definition) is 3. The van der Waals surface area contributed by atoms with E-state index in [4.69, 9.17) is 0 Å². The van der Waals surface area contributed by atoms with E-state index in [9.17, 15) is 14.0 Å². The predicted octanol–water partition coefficient (Wildman–Crippen LogP) is 4.02. The number of nitrogens with one attached hydrogen (secondary N) is 3. The van der Waals surface area contributed by atoms with Gasteiger partial charge in [-0.25, -0.2) is 9.18 Å². The van der Waals surface area contributed by atoms with E-state index in [1.165, 1.54) is 6.07 Å². The third-order valence-electron chi connectivity index (χ3n) is 3.59. The molecule has 0 bridgehead atoms. The predicted molar refractivity (Wildman–Crippen MR) is 109 cm³/mol. The number of para-hydroxylation sites is 1. The summed E-state index contributed by atoms with van der Waals surface area (Å²) in [6.45, 7) is 4.17. The van der Waals surface area contributed by atoms with Gasteiger partial charge in [0.15, 0.2) is 0 Å². The van der Waals surface area contributed by atoms with Crippen molar-refractivity contribution >= 4 is 29.4 Å². The van der Waals surface area contributed by atoms with E-state index < -0.39 is 0 Å². The molecule has 0 aliphatic heterocycles. The largest absolute Gasteiger partial charge is 0.351 e. The molecule has 2 aromatic carbocycles. The number of carbonyl (C=O) groups is 2. The molecular formula is C20H24FN3O2S. The van der Waals surface area contributed by atoms with Crippen molar-refractivity contribution in [2.24, 2.45) is 0 Å². The van der Waals surface area contributed by atoms with Gasteiger partial charge in [0.05, 0.1) is 11.3 Å². The van der Waals surface area contributed by atoms with Crippen LogP contribution >= 0.6 is 11.8 Å². The molecule has 7 heteroatoms. The molecule has 0 unspecified atom stereocenters. The Bertz CT molecular complexity index is 783. The number of carbonyl (C=O) groups excluding carboxylic acids is 2. The fourth-order valence-corrected chi connectivity index (χ4v) is 3.19. The second-order valence-electron chi connectivity index (χ2n) is 6.20. The Labute approximate surface area is 163 Å². The first-order chi connectivity index (χ1) is 13.0. The standard InChI is InChI=1S/C20H24FN3O2S/c1-14(2)23-20(26)24-18-10-6-4-8-16(18)19(25)22-11-12-27-13-15-7-3-5-9-17(15)21/h3-10,14H,11-13H2,1-2H3,(H,22,25)(H2,23,24,26). The average molecular weight is 389 g/mol. The normalized spacial score (nSPS) is 10.5. The second-order valence-corrected chi connectivity index (χ2v) is 7.30. The first-order valence-corrected chi connectivity index (χ1v) is 9.88. The maximum absolute atomic E-state index is 13.6. The number of anilines is 1. The first kappa shape index (κ1) is 20.8.